The van der Waals surface area contributed by atoms with Crippen molar-refractivity contribution < 1.29 is 22.5 Å². The van der Waals surface area contributed by atoms with E-state index in [2.05, 4.69) is 0 Å². The molecule has 1 aromatic carbocycles. The lowest BCUT2D eigenvalue weighted by Gasteiger charge is -2.13. The van der Waals surface area contributed by atoms with E-state index >= 15 is 0 Å². The Morgan fingerprint density at radius 2 is 1.87 bits per heavy atom. The van der Waals surface area contributed by atoms with Crippen molar-refractivity contribution in [1.82, 2.24) is 0 Å². The van der Waals surface area contributed by atoms with Crippen LogP contribution in [0.1, 0.15) is 0 Å². The van der Waals surface area contributed by atoms with Gasteiger partial charge >= 0.3 is 13.3 Å². The summed E-state index contributed by atoms with van der Waals surface area (Å²) >= 11 is 0. The Labute approximate surface area is 85.1 Å². The van der Waals surface area contributed by atoms with Crippen LogP contribution >= 0.6 is 0 Å². The van der Waals surface area contributed by atoms with Crippen LogP contribution in [0.4, 0.5) is 13.2 Å². The van der Waals surface area contributed by atoms with Crippen molar-refractivity contribution in [2.75, 3.05) is 6.61 Å². The molecule has 0 amide bonds. The highest BCUT2D eigenvalue weighted by molar-refractivity contribution is 6.61. The summed E-state index contributed by atoms with van der Waals surface area (Å²) < 4.78 is 46.4. The lowest BCUT2D eigenvalue weighted by atomic mass is 9.79. The third-order valence-corrected chi connectivity index (χ3v) is 2.12. The third kappa shape index (κ3) is 2.32. The zero-order valence-corrected chi connectivity index (χ0v) is 7.70. The van der Waals surface area contributed by atoms with E-state index in [4.69, 9.17) is 9.31 Å². The molecule has 1 aliphatic heterocycles. The summed E-state index contributed by atoms with van der Waals surface area (Å²) in [4.78, 5) is 0. The minimum Gasteiger partial charge on any atom is -0.404 e. The first kappa shape index (κ1) is 10.5. The Morgan fingerprint density at radius 1 is 1.20 bits per heavy atom. The molecule has 0 N–H and O–H groups in total. The van der Waals surface area contributed by atoms with Gasteiger partial charge in [0.05, 0.1) is 6.61 Å². The molecular weight excluding hydrogens is 208 g/mol. The molecule has 0 bridgehead atoms. The first-order valence-corrected chi connectivity index (χ1v) is 4.46. The Morgan fingerprint density at radius 3 is 2.40 bits per heavy atom. The van der Waals surface area contributed by atoms with E-state index in [-0.39, 0.29) is 0 Å². The zero-order valence-electron chi connectivity index (χ0n) is 7.70. The maximum atomic E-state index is 12.2. The fourth-order valence-corrected chi connectivity index (χ4v) is 1.36. The van der Waals surface area contributed by atoms with Gasteiger partial charge in [-0.2, -0.15) is 13.2 Å². The van der Waals surface area contributed by atoms with Gasteiger partial charge in [-0.25, -0.2) is 0 Å². The number of benzene rings is 1. The van der Waals surface area contributed by atoms with Crippen molar-refractivity contribution in [3.05, 3.63) is 30.3 Å². The molecule has 80 valence electrons. The topological polar surface area (TPSA) is 18.5 Å². The van der Waals surface area contributed by atoms with Gasteiger partial charge in [-0.1, -0.05) is 30.3 Å². The summed E-state index contributed by atoms with van der Waals surface area (Å²) in [6.07, 6.45) is -6.17. The van der Waals surface area contributed by atoms with Gasteiger partial charge in [0.1, 0.15) is 0 Å². The van der Waals surface area contributed by atoms with Gasteiger partial charge in [0.15, 0.2) is 6.10 Å². The van der Waals surface area contributed by atoms with E-state index in [1.165, 1.54) is 0 Å². The quantitative estimate of drug-likeness (QED) is 0.659. The van der Waals surface area contributed by atoms with E-state index < -0.39 is 26.0 Å². The summed E-state index contributed by atoms with van der Waals surface area (Å²) in [5.74, 6) is 0. The minimum atomic E-state index is -4.36. The molecule has 1 aromatic rings. The lowest BCUT2D eigenvalue weighted by Crippen LogP contribution is -2.36. The molecule has 0 aromatic heterocycles. The molecule has 0 radical (unpaired) electrons. The lowest BCUT2D eigenvalue weighted by molar-refractivity contribution is -0.190. The first-order chi connectivity index (χ1) is 7.07. The van der Waals surface area contributed by atoms with Crippen LogP contribution < -0.4 is 5.46 Å². The second-order valence-electron chi connectivity index (χ2n) is 3.24. The van der Waals surface area contributed by atoms with Gasteiger partial charge in [0.25, 0.3) is 0 Å². The van der Waals surface area contributed by atoms with Gasteiger partial charge in [-0.05, 0) is 5.46 Å². The normalized spacial score (nSPS) is 22.1. The number of hydrogen-bond donors (Lipinski definition) is 0. The largest absolute Gasteiger partial charge is 0.494 e. The fourth-order valence-electron chi connectivity index (χ4n) is 1.36. The SMILES string of the molecule is FC(F)(F)C1COB(c2ccccc2)O1. The number of hydrogen-bond acceptors (Lipinski definition) is 2. The van der Waals surface area contributed by atoms with Crippen molar-refractivity contribution in [3.63, 3.8) is 0 Å². The molecule has 6 heteroatoms. The summed E-state index contributed by atoms with van der Waals surface area (Å²) in [5, 5.41) is 0. The van der Waals surface area contributed by atoms with Gasteiger partial charge in [0, 0.05) is 0 Å². The second-order valence-corrected chi connectivity index (χ2v) is 3.24. The maximum absolute atomic E-state index is 12.2. The molecule has 1 saturated heterocycles. The molecule has 1 atom stereocenters. The molecule has 1 fully saturated rings. The second kappa shape index (κ2) is 3.86. The van der Waals surface area contributed by atoms with Gasteiger partial charge in [0.2, 0.25) is 0 Å². The van der Waals surface area contributed by atoms with Gasteiger partial charge in [-0.15, -0.1) is 0 Å². The molecule has 0 spiro atoms. The van der Waals surface area contributed by atoms with Crippen molar-refractivity contribution in [2.45, 2.75) is 12.3 Å². The highest BCUT2D eigenvalue weighted by atomic mass is 19.4. The van der Waals surface area contributed by atoms with Crippen molar-refractivity contribution in [3.8, 4) is 0 Å². The summed E-state index contributed by atoms with van der Waals surface area (Å²) in [5.41, 5.74) is 0.601. The molecule has 0 aliphatic carbocycles. The van der Waals surface area contributed by atoms with Gasteiger partial charge < -0.3 is 9.31 Å². The standard InChI is InChI=1S/C9H8BF3O2/c11-9(12,13)8-6-14-10(15-8)7-4-2-1-3-5-7/h1-5,8H,6H2. The van der Waals surface area contributed by atoms with Crippen LogP contribution in [-0.2, 0) is 9.31 Å². The molecule has 15 heavy (non-hydrogen) atoms. The molecular formula is C9H8BF3O2. The van der Waals surface area contributed by atoms with E-state index in [1.807, 2.05) is 0 Å². The third-order valence-electron chi connectivity index (χ3n) is 2.12. The molecule has 1 unspecified atom stereocenters. The zero-order chi connectivity index (χ0) is 10.9. The van der Waals surface area contributed by atoms with E-state index in [0.717, 1.165) is 0 Å². The van der Waals surface area contributed by atoms with E-state index in [9.17, 15) is 13.2 Å². The molecule has 1 heterocycles. The van der Waals surface area contributed by atoms with Crippen molar-refractivity contribution in [1.29, 1.82) is 0 Å². The van der Waals surface area contributed by atoms with Crippen LogP contribution in [0.15, 0.2) is 30.3 Å². The highest BCUT2D eigenvalue weighted by Crippen LogP contribution is 2.27. The number of halogens is 3. The summed E-state index contributed by atoms with van der Waals surface area (Å²) in [7, 11) is -0.905. The molecule has 0 saturated carbocycles. The molecule has 2 nitrogen and oxygen atoms in total. The van der Waals surface area contributed by atoms with Gasteiger partial charge in [-0.3, -0.25) is 0 Å². The minimum absolute atomic E-state index is 0.441. The summed E-state index contributed by atoms with van der Waals surface area (Å²) in [6.45, 7) is -0.441. The van der Waals surface area contributed by atoms with Crippen LogP contribution in [-0.4, -0.2) is 26.0 Å². The molecule has 2 rings (SSSR count). The Bertz CT molecular complexity index is 328. The Balaban J connectivity index is 2.05. The van der Waals surface area contributed by atoms with E-state index in [0.29, 0.717) is 5.46 Å². The molecule has 1 aliphatic rings. The highest BCUT2D eigenvalue weighted by Gasteiger charge is 2.48. The van der Waals surface area contributed by atoms with Crippen LogP contribution in [0.3, 0.4) is 0 Å². The first-order valence-electron chi connectivity index (χ1n) is 4.46. The average molecular weight is 216 g/mol. The average Bonchev–Trinajstić information content (AvgIpc) is 2.67. The number of rotatable bonds is 1. The smallest absolute Gasteiger partial charge is 0.404 e. The predicted octanol–water partition coefficient (Wildman–Crippen LogP) is 1.36. The Kier molecular flexibility index (Phi) is 2.71. The van der Waals surface area contributed by atoms with Crippen LogP contribution in [0, 0.1) is 0 Å². The maximum Gasteiger partial charge on any atom is 0.494 e. The van der Waals surface area contributed by atoms with Crippen LogP contribution in [0.5, 0.6) is 0 Å². The van der Waals surface area contributed by atoms with Crippen LogP contribution in [0.2, 0.25) is 0 Å². The summed E-state index contributed by atoms with van der Waals surface area (Å²) in [6, 6.07) is 8.57. The van der Waals surface area contributed by atoms with Crippen molar-refractivity contribution in [2.24, 2.45) is 0 Å². The van der Waals surface area contributed by atoms with Crippen molar-refractivity contribution >= 4 is 12.6 Å². The monoisotopic (exact) mass is 216 g/mol. The number of alkyl halides is 3. The predicted molar refractivity (Wildman–Crippen MR) is 48.7 cm³/mol. The van der Waals surface area contributed by atoms with E-state index in [1.54, 1.807) is 30.3 Å². The fraction of sp³-hybridized carbons (Fsp3) is 0.333. The van der Waals surface area contributed by atoms with Crippen LogP contribution in [0.25, 0.3) is 0 Å². The Hall–Kier alpha value is -1.01.